The van der Waals surface area contributed by atoms with Gasteiger partial charge in [-0.3, -0.25) is 14.2 Å². The molecule has 6 aromatic rings. The van der Waals surface area contributed by atoms with E-state index < -0.39 is 6.10 Å². The molecule has 9 rings (SSSR count). The van der Waals surface area contributed by atoms with Gasteiger partial charge in [0.05, 0.1) is 29.6 Å². The van der Waals surface area contributed by atoms with Gasteiger partial charge in [-0.25, -0.2) is 9.97 Å². The number of rotatable bonds is 11. The Labute approximate surface area is 279 Å². The molecule has 1 aliphatic heterocycles. The molecule has 1 N–H and O–H groups in total. The minimum atomic E-state index is -0.644. The molecule has 0 radical (unpaired) electrons. The van der Waals surface area contributed by atoms with E-state index in [0.29, 0.717) is 24.8 Å². The van der Waals surface area contributed by atoms with E-state index in [1.807, 2.05) is 50.7 Å². The number of aliphatic hydroxyl groups is 1. The van der Waals surface area contributed by atoms with Gasteiger partial charge >= 0.3 is 0 Å². The van der Waals surface area contributed by atoms with Crippen LogP contribution in [-0.4, -0.2) is 63.1 Å². The van der Waals surface area contributed by atoms with Crippen LogP contribution in [-0.2, 0) is 24.9 Å². The zero-order valence-electron chi connectivity index (χ0n) is 27.3. The molecule has 3 fully saturated rings. The number of hydrogen-bond acceptors (Lipinski definition) is 6. The van der Waals surface area contributed by atoms with Gasteiger partial charge in [0.25, 0.3) is 0 Å². The van der Waals surface area contributed by atoms with Gasteiger partial charge in [-0.1, -0.05) is 42.5 Å². The lowest BCUT2D eigenvalue weighted by molar-refractivity contribution is -0.127. The molecule has 10 nitrogen and oxygen atoms in total. The van der Waals surface area contributed by atoms with Crippen molar-refractivity contribution in [2.45, 2.75) is 76.0 Å². The Hall–Kier alpha value is -4.83. The molecule has 0 unspecified atom stereocenters. The summed E-state index contributed by atoms with van der Waals surface area (Å²) in [5.41, 5.74) is 8.10. The maximum atomic E-state index is 12.1. The number of imidazole rings is 1. The molecule has 5 heterocycles. The maximum Gasteiger partial charge on any atom is 0.222 e. The summed E-state index contributed by atoms with van der Waals surface area (Å²) < 4.78 is 6.16. The number of benzene rings is 2. The summed E-state index contributed by atoms with van der Waals surface area (Å²) in [4.78, 5) is 24.6. The Balaban J connectivity index is 1.07. The predicted octanol–water partition coefficient (Wildman–Crippen LogP) is 6.35. The van der Waals surface area contributed by atoms with E-state index in [0.717, 1.165) is 114 Å². The first-order chi connectivity index (χ1) is 23.5. The van der Waals surface area contributed by atoms with Gasteiger partial charge in [0.2, 0.25) is 5.91 Å². The molecule has 2 aliphatic carbocycles. The van der Waals surface area contributed by atoms with Crippen molar-refractivity contribution in [1.29, 1.82) is 0 Å². The van der Waals surface area contributed by atoms with Crippen molar-refractivity contribution in [3.05, 3.63) is 83.9 Å². The Morgan fingerprint density at radius 2 is 1.73 bits per heavy atom. The van der Waals surface area contributed by atoms with Gasteiger partial charge in [0.1, 0.15) is 5.82 Å². The summed E-state index contributed by atoms with van der Waals surface area (Å²) in [5, 5.41) is 22.7. The maximum absolute atomic E-state index is 12.1. The smallest absolute Gasteiger partial charge is 0.222 e. The van der Waals surface area contributed by atoms with Crippen molar-refractivity contribution in [2.75, 3.05) is 13.1 Å². The monoisotopic (exact) mass is 640 g/mol. The highest BCUT2D eigenvalue weighted by molar-refractivity contribution is 5.95. The molecule has 0 bridgehead atoms. The number of aliphatic hydroxyl groups excluding tert-OH is 1. The number of carbonyl (C=O) groups is 1. The molecule has 2 saturated carbocycles. The first-order valence-electron chi connectivity index (χ1n) is 17.4. The zero-order chi connectivity index (χ0) is 32.4. The Kier molecular flexibility index (Phi) is 7.15. The molecule has 4 aromatic heterocycles. The number of likely N-dealkylation sites (tertiary alicyclic amines) is 1. The van der Waals surface area contributed by atoms with Crippen LogP contribution >= 0.6 is 0 Å². The van der Waals surface area contributed by atoms with Gasteiger partial charge in [-0.15, -0.1) is 0 Å². The van der Waals surface area contributed by atoms with Gasteiger partial charge < -0.3 is 14.6 Å². The minimum Gasteiger partial charge on any atom is -0.386 e. The van der Waals surface area contributed by atoms with E-state index in [1.54, 1.807) is 0 Å². The minimum absolute atomic E-state index is 0.271. The van der Waals surface area contributed by atoms with Crippen molar-refractivity contribution in [2.24, 2.45) is 7.05 Å². The van der Waals surface area contributed by atoms with E-state index in [1.165, 1.54) is 5.69 Å². The number of nitrogens with zero attached hydrogens (tertiary/aromatic N) is 8. The molecule has 0 spiro atoms. The van der Waals surface area contributed by atoms with E-state index in [-0.39, 0.29) is 5.91 Å². The summed E-state index contributed by atoms with van der Waals surface area (Å²) in [6.07, 6.45) is 10.6. The molecule has 1 saturated heterocycles. The average molecular weight is 641 g/mol. The number of hydrogen-bond donors (Lipinski definition) is 1. The fourth-order valence-corrected chi connectivity index (χ4v) is 7.47. The largest absolute Gasteiger partial charge is 0.386 e. The highest BCUT2D eigenvalue weighted by Gasteiger charge is 2.35. The molecule has 3 aliphatic rings. The molecule has 10 heteroatoms. The molecule has 48 heavy (non-hydrogen) atoms. The van der Waals surface area contributed by atoms with E-state index in [4.69, 9.17) is 20.2 Å². The van der Waals surface area contributed by atoms with Crippen LogP contribution in [0.15, 0.2) is 67.0 Å². The standard InChI is InChI=1S/C38H40N8O2/c1-43-36(26-15-16-26)35(28-10-5-11-31-30(28)22-46(41-31)23-32(47)24-8-3-2-4-9-24)40-38(43)29-20-27-21-45(19-7-18-44-17-6-12-33(44)48)42-37(27)39-34(29)25-13-14-25/h2-5,8-11,20-22,25-26,32,47H,6-7,12-19,23H2,1H3/t32-/m0/s1. The van der Waals surface area contributed by atoms with Crippen molar-refractivity contribution < 1.29 is 9.90 Å². The number of amides is 1. The predicted molar refractivity (Wildman–Crippen MR) is 184 cm³/mol. The van der Waals surface area contributed by atoms with Crippen molar-refractivity contribution >= 4 is 27.8 Å². The molecule has 2 aromatic carbocycles. The van der Waals surface area contributed by atoms with Crippen molar-refractivity contribution in [3.63, 3.8) is 0 Å². The summed E-state index contributed by atoms with van der Waals surface area (Å²) in [6, 6.07) is 18.2. The number of fused-ring (bicyclic) bond motifs is 2. The summed E-state index contributed by atoms with van der Waals surface area (Å²) in [7, 11) is 2.16. The normalized spacial score (nSPS) is 17.3. The van der Waals surface area contributed by atoms with Crippen LogP contribution in [0.1, 0.15) is 79.8 Å². The Morgan fingerprint density at radius 3 is 2.50 bits per heavy atom. The molecule has 1 atom stereocenters. The molecular formula is C38H40N8O2. The van der Waals surface area contributed by atoms with Gasteiger partial charge in [-0.2, -0.15) is 10.2 Å². The third kappa shape index (κ3) is 5.38. The van der Waals surface area contributed by atoms with Crippen LogP contribution in [0.2, 0.25) is 0 Å². The number of aromatic nitrogens is 7. The zero-order valence-corrected chi connectivity index (χ0v) is 27.3. The third-order valence-corrected chi connectivity index (χ3v) is 10.3. The first-order valence-corrected chi connectivity index (χ1v) is 17.4. The lowest BCUT2D eigenvalue weighted by Gasteiger charge is -2.14. The summed E-state index contributed by atoms with van der Waals surface area (Å²) in [6.45, 7) is 2.78. The second-order valence-corrected chi connectivity index (χ2v) is 13.9. The van der Waals surface area contributed by atoms with Crippen LogP contribution in [0.3, 0.4) is 0 Å². The molecular weight excluding hydrogens is 600 g/mol. The first kappa shape index (κ1) is 29.3. The Bertz CT molecular complexity index is 2150. The fraction of sp³-hybridized carbons (Fsp3) is 0.395. The molecule has 1 amide bonds. The number of pyridine rings is 1. The quantitative estimate of drug-likeness (QED) is 0.177. The van der Waals surface area contributed by atoms with Crippen LogP contribution in [0.4, 0.5) is 0 Å². The summed E-state index contributed by atoms with van der Waals surface area (Å²) in [5.74, 6) is 2.13. The summed E-state index contributed by atoms with van der Waals surface area (Å²) >= 11 is 0. The second-order valence-electron chi connectivity index (χ2n) is 13.9. The topological polar surface area (TPSA) is 107 Å². The van der Waals surface area contributed by atoms with Gasteiger partial charge in [0.15, 0.2) is 5.65 Å². The number of carbonyl (C=O) groups excluding carboxylic acids is 1. The van der Waals surface area contributed by atoms with Crippen LogP contribution in [0.25, 0.3) is 44.6 Å². The lowest BCUT2D eigenvalue weighted by atomic mass is 10.0. The lowest BCUT2D eigenvalue weighted by Crippen LogP contribution is -2.26. The van der Waals surface area contributed by atoms with Crippen LogP contribution < -0.4 is 0 Å². The highest BCUT2D eigenvalue weighted by atomic mass is 16.3. The van der Waals surface area contributed by atoms with E-state index in [2.05, 4.69) is 42.2 Å². The van der Waals surface area contributed by atoms with Crippen LogP contribution in [0, 0.1) is 0 Å². The highest BCUT2D eigenvalue weighted by Crippen LogP contribution is 2.49. The fourth-order valence-electron chi connectivity index (χ4n) is 7.47. The number of aryl methyl sites for hydroxylation is 1. The van der Waals surface area contributed by atoms with Crippen molar-refractivity contribution in [3.8, 4) is 22.6 Å². The average Bonchev–Trinajstić information content (AvgIpc) is 3.97. The van der Waals surface area contributed by atoms with Crippen LogP contribution in [0.5, 0.6) is 0 Å². The Morgan fingerprint density at radius 1 is 0.896 bits per heavy atom. The second kappa shape index (κ2) is 11.7. The van der Waals surface area contributed by atoms with E-state index >= 15 is 0 Å². The van der Waals surface area contributed by atoms with Gasteiger partial charge in [0, 0.05) is 84.9 Å². The van der Waals surface area contributed by atoms with E-state index in [9.17, 15) is 9.90 Å². The molecule has 244 valence electrons. The van der Waals surface area contributed by atoms with Gasteiger partial charge in [-0.05, 0) is 56.2 Å². The third-order valence-electron chi connectivity index (χ3n) is 10.3. The SMILES string of the molecule is Cn1c(-c2cc3cn(CCCN4CCCC4=O)nc3nc2C2CC2)nc(-c2cccc3nn(C[C@H](O)c4ccccc4)cc23)c1C1CC1. The van der Waals surface area contributed by atoms with Crippen molar-refractivity contribution in [1.82, 2.24) is 39.0 Å².